The molecule has 0 radical (unpaired) electrons. The number of urea groups is 1. The minimum Gasteiger partial charge on any atom is -0.355 e. The number of carbonyl (C=O) groups is 2. The van der Waals surface area contributed by atoms with Crippen LogP contribution in [0, 0.1) is 0 Å². The Balaban J connectivity index is 1.41. The molecule has 2 saturated heterocycles. The van der Waals surface area contributed by atoms with Crippen molar-refractivity contribution in [2.75, 3.05) is 39.8 Å². The number of amides is 3. The number of nitrogens with zero attached hydrogens (tertiary/aromatic N) is 3. The van der Waals surface area contributed by atoms with Gasteiger partial charge in [-0.3, -0.25) is 19.6 Å². The number of piperidine rings is 1. The Morgan fingerprint density at radius 1 is 1.26 bits per heavy atom. The van der Waals surface area contributed by atoms with Crippen LogP contribution in [0.4, 0.5) is 18.0 Å². The van der Waals surface area contributed by atoms with Crippen LogP contribution in [0.3, 0.4) is 0 Å². The Morgan fingerprint density at radius 2 is 2.00 bits per heavy atom. The van der Waals surface area contributed by atoms with Crippen molar-refractivity contribution in [3.63, 3.8) is 0 Å². The molecular weight excluding hydrogens is 413 g/mol. The van der Waals surface area contributed by atoms with Gasteiger partial charge in [-0.2, -0.15) is 13.2 Å². The van der Waals surface area contributed by atoms with E-state index in [2.05, 4.69) is 25.8 Å². The van der Waals surface area contributed by atoms with Gasteiger partial charge in [0.2, 0.25) is 5.91 Å². The van der Waals surface area contributed by atoms with Gasteiger partial charge in [-0.1, -0.05) is 18.2 Å². The maximum Gasteiger partial charge on any atom is 0.416 e. The third kappa shape index (κ3) is 6.33. The zero-order valence-corrected chi connectivity index (χ0v) is 17.3. The normalized spacial score (nSPS) is 19.0. The number of rotatable bonds is 6. The average Bonchev–Trinajstić information content (AvgIpc) is 3.06. The van der Waals surface area contributed by atoms with Crippen molar-refractivity contribution in [1.82, 2.24) is 25.8 Å². The maximum atomic E-state index is 12.9. The highest BCUT2D eigenvalue weighted by Crippen LogP contribution is 2.30. The van der Waals surface area contributed by atoms with Gasteiger partial charge in [-0.15, -0.1) is 0 Å². The van der Waals surface area contributed by atoms with E-state index in [1.54, 1.807) is 13.1 Å². The summed E-state index contributed by atoms with van der Waals surface area (Å²) < 4.78 is 38.7. The molecule has 0 spiro atoms. The number of nitrogens with one attached hydrogen (secondary N) is 3. The third-order valence-corrected chi connectivity index (χ3v) is 5.38. The van der Waals surface area contributed by atoms with Crippen molar-refractivity contribution in [2.45, 2.75) is 31.6 Å². The first-order valence-corrected chi connectivity index (χ1v) is 10.2. The number of aliphatic imine (C=N–C) groups is 1. The van der Waals surface area contributed by atoms with Crippen LogP contribution in [-0.4, -0.2) is 73.5 Å². The summed E-state index contributed by atoms with van der Waals surface area (Å²) in [6, 6.07) is 5.26. The van der Waals surface area contributed by atoms with Crippen molar-refractivity contribution >= 4 is 17.9 Å². The highest BCUT2D eigenvalue weighted by atomic mass is 19.4. The lowest BCUT2D eigenvalue weighted by atomic mass is 10.0. The summed E-state index contributed by atoms with van der Waals surface area (Å²) in [7, 11) is 1.64. The molecule has 3 amide bonds. The second kappa shape index (κ2) is 9.99. The summed E-state index contributed by atoms with van der Waals surface area (Å²) in [6.07, 6.45) is -2.68. The molecular formula is C20H27F3N6O2. The predicted octanol–water partition coefficient (Wildman–Crippen LogP) is 1.39. The van der Waals surface area contributed by atoms with Crippen LogP contribution < -0.4 is 16.0 Å². The fourth-order valence-corrected chi connectivity index (χ4v) is 3.70. The first-order chi connectivity index (χ1) is 14.8. The zero-order valence-electron chi connectivity index (χ0n) is 17.3. The summed E-state index contributed by atoms with van der Waals surface area (Å²) in [6.45, 7) is 2.66. The highest BCUT2D eigenvalue weighted by Gasteiger charge is 2.31. The molecule has 170 valence electrons. The summed E-state index contributed by atoms with van der Waals surface area (Å²) in [5.41, 5.74) is 0.0312. The van der Waals surface area contributed by atoms with E-state index >= 15 is 0 Å². The first-order valence-electron chi connectivity index (χ1n) is 10.2. The van der Waals surface area contributed by atoms with E-state index in [0.29, 0.717) is 24.6 Å². The van der Waals surface area contributed by atoms with E-state index in [0.717, 1.165) is 36.9 Å². The number of imide groups is 1. The minimum atomic E-state index is -4.33. The molecule has 2 aliphatic rings. The van der Waals surface area contributed by atoms with Gasteiger partial charge in [0.15, 0.2) is 5.96 Å². The quantitative estimate of drug-likeness (QED) is 0.354. The molecule has 2 heterocycles. The van der Waals surface area contributed by atoms with Crippen molar-refractivity contribution in [3.05, 3.63) is 35.4 Å². The molecule has 0 unspecified atom stereocenters. The molecule has 1 aromatic carbocycles. The van der Waals surface area contributed by atoms with Gasteiger partial charge in [-0.05, 0) is 24.5 Å². The van der Waals surface area contributed by atoms with Crippen molar-refractivity contribution in [3.8, 4) is 0 Å². The lowest BCUT2D eigenvalue weighted by Gasteiger charge is -2.33. The van der Waals surface area contributed by atoms with Gasteiger partial charge < -0.3 is 16.0 Å². The Kier molecular flexibility index (Phi) is 7.37. The van der Waals surface area contributed by atoms with Gasteiger partial charge in [-0.25, -0.2) is 4.79 Å². The number of benzene rings is 1. The Hall–Kier alpha value is -2.82. The Bertz CT molecular complexity index is 805. The van der Waals surface area contributed by atoms with Crippen molar-refractivity contribution in [2.24, 2.45) is 4.99 Å². The Morgan fingerprint density at radius 3 is 2.61 bits per heavy atom. The number of guanidine groups is 1. The van der Waals surface area contributed by atoms with E-state index < -0.39 is 11.7 Å². The van der Waals surface area contributed by atoms with E-state index in [1.807, 2.05) is 0 Å². The molecule has 3 N–H and O–H groups in total. The molecule has 11 heteroatoms. The molecule has 8 nitrogen and oxygen atoms in total. The summed E-state index contributed by atoms with van der Waals surface area (Å²) in [5, 5.41) is 8.90. The van der Waals surface area contributed by atoms with Crippen LogP contribution in [0.5, 0.6) is 0 Å². The lowest BCUT2D eigenvalue weighted by molar-refractivity contribution is -0.137. The smallest absolute Gasteiger partial charge is 0.355 e. The van der Waals surface area contributed by atoms with Crippen LogP contribution in [0.25, 0.3) is 0 Å². The summed E-state index contributed by atoms with van der Waals surface area (Å²) >= 11 is 0. The monoisotopic (exact) mass is 440 g/mol. The molecule has 0 atom stereocenters. The van der Waals surface area contributed by atoms with Gasteiger partial charge in [0.1, 0.15) is 0 Å². The second-order valence-corrected chi connectivity index (χ2v) is 7.60. The summed E-state index contributed by atoms with van der Waals surface area (Å²) in [4.78, 5) is 30.6. The molecule has 1 aromatic rings. The number of likely N-dealkylation sites (tertiary alicyclic amines) is 1. The molecule has 0 saturated carbocycles. The average molecular weight is 440 g/mol. The molecule has 2 fully saturated rings. The molecule has 2 aliphatic heterocycles. The third-order valence-electron chi connectivity index (χ3n) is 5.38. The first kappa shape index (κ1) is 22.9. The standard InChI is InChI=1S/C20H27F3N6O2/c1-24-18(25-7-10-29-17(30)12-26-19(29)31)27-16-5-8-28(9-6-16)13-14-3-2-4-15(11-14)20(21,22)23/h2-4,11,16H,5-10,12-13H2,1H3,(H,26,31)(H2,24,25,27). The minimum absolute atomic E-state index is 0.0326. The topological polar surface area (TPSA) is 89.1 Å². The van der Waals surface area contributed by atoms with Crippen LogP contribution in [0.2, 0.25) is 0 Å². The van der Waals surface area contributed by atoms with Crippen LogP contribution in [0.15, 0.2) is 29.3 Å². The van der Waals surface area contributed by atoms with E-state index in [9.17, 15) is 22.8 Å². The fourth-order valence-electron chi connectivity index (χ4n) is 3.70. The van der Waals surface area contributed by atoms with Gasteiger partial charge in [0.05, 0.1) is 12.1 Å². The van der Waals surface area contributed by atoms with Crippen molar-refractivity contribution in [1.29, 1.82) is 0 Å². The number of carbonyl (C=O) groups excluding carboxylic acids is 2. The molecule has 3 rings (SSSR count). The highest BCUT2D eigenvalue weighted by molar-refractivity contribution is 6.01. The van der Waals surface area contributed by atoms with Crippen LogP contribution in [-0.2, 0) is 17.5 Å². The zero-order chi connectivity index (χ0) is 22.4. The van der Waals surface area contributed by atoms with E-state index in [1.165, 1.54) is 12.1 Å². The van der Waals surface area contributed by atoms with Gasteiger partial charge in [0.25, 0.3) is 0 Å². The maximum absolute atomic E-state index is 12.9. The fraction of sp³-hybridized carbons (Fsp3) is 0.550. The summed E-state index contributed by atoms with van der Waals surface area (Å²) in [5.74, 6) is 0.339. The van der Waals surface area contributed by atoms with Crippen LogP contribution in [0.1, 0.15) is 24.0 Å². The van der Waals surface area contributed by atoms with E-state index in [-0.39, 0.29) is 31.1 Å². The number of alkyl halides is 3. The van der Waals surface area contributed by atoms with Gasteiger partial charge in [0, 0.05) is 45.8 Å². The largest absolute Gasteiger partial charge is 0.416 e. The second-order valence-electron chi connectivity index (χ2n) is 7.60. The SMILES string of the molecule is CN=C(NCCN1C(=O)CNC1=O)NC1CCN(Cc2cccc(C(F)(F)F)c2)CC1. The van der Waals surface area contributed by atoms with Crippen LogP contribution >= 0.6 is 0 Å². The van der Waals surface area contributed by atoms with E-state index in [4.69, 9.17) is 0 Å². The number of hydrogen-bond donors (Lipinski definition) is 3. The Labute approximate surface area is 178 Å². The lowest BCUT2D eigenvalue weighted by Crippen LogP contribution is -2.50. The molecule has 0 aliphatic carbocycles. The van der Waals surface area contributed by atoms with Crippen molar-refractivity contribution < 1.29 is 22.8 Å². The molecule has 0 bridgehead atoms. The molecule has 31 heavy (non-hydrogen) atoms. The van der Waals surface area contributed by atoms with Gasteiger partial charge >= 0.3 is 12.2 Å². The predicted molar refractivity (Wildman–Crippen MR) is 109 cm³/mol. The number of hydrogen-bond acceptors (Lipinski definition) is 4. The number of halogens is 3. The molecule has 0 aromatic heterocycles.